The summed E-state index contributed by atoms with van der Waals surface area (Å²) >= 11 is 0. The van der Waals surface area contributed by atoms with E-state index in [0.29, 0.717) is 11.4 Å². The molecule has 1 amide bonds. The van der Waals surface area contributed by atoms with Crippen molar-refractivity contribution in [2.75, 3.05) is 4.90 Å². The molecular weight excluding hydrogens is 373 g/mol. The number of Topliss-reactive ketones (excluding diaryl/α,β-unsaturated/α-hetero) is 1. The molecule has 2 aromatic carbocycles. The van der Waals surface area contributed by atoms with Gasteiger partial charge in [-0.15, -0.1) is 0 Å². The van der Waals surface area contributed by atoms with Gasteiger partial charge in [-0.05, 0) is 73.5 Å². The zero-order valence-electron chi connectivity index (χ0n) is 15.8. The Labute approximate surface area is 166 Å². The average Bonchev–Trinajstić information content (AvgIpc) is 3.32. The molecule has 4 rings (SSSR count). The first-order valence-electron chi connectivity index (χ1n) is 9.06. The highest BCUT2D eigenvalue weighted by Crippen LogP contribution is 2.42. The number of amides is 1. The molecule has 0 aliphatic carbocycles. The van der Waals surface area contributed by atoms with Crippen LogP contribution >= 0.6 is 0 Å². The van der Waals surface area contributed by atoms with Gasteiger partial charge in [0.05, 0.1) is 11.8 Å². The first kappa shape index (κ1) is 18.7. The van der Waals surface area contributed by atoms with Gasteiger partial charge in [0.1, 0.15) is 23.4 Å². The molecule has 0 bridgehead atoms. The third-order valence-electron chi connectivity index (χ3n) is 5.14. The molecule has 1 N–H and O–H groups in total. The van der Waals surface area contributed by atoms with Crippen molar-refractivity contribution < 1.29 is 23.5 Å². The third-order valence-corrected chi connectivity index (χ3v) is 5.14. The summed E-state index contributed by atoms with van der Waals surface area (Å²) in [6.07, 6.45) is 1.44. The van der Waals surface area contributed by atoms with Crippen molar-refractivity contribution in [3.63, 3.8) is 0 Å². The number of benzene rings is 2. The summed E-state index contributed by atoms with van der Waals surface area (Å²) in [4.78, 5) is 27.2. The zero-order valence-corrected chi connectivity index (χ0v) is 15.8. The van der Waals surface area contributed by atoms with Gasteiger partial charge in [0, 0.05) is 11.3 Å². The fourth-order valence-electron chi connectivity index (χ4n) is 3.45. The van der Waals surface area contributed by atoms with Crippen molar-refractivity contribution in [3.05, 3.63) is 94.7 Å². The molecule has 1 aliphatic heterocycles. The molecular formula is C23H18FNO4. The molecule has 1 atom stereocenters. The summed E-state index contributed by atoms with van der Waals surface area (Å²) in [6, 6.07) is 12.8. The minimum atomic E-state index is -0.933. The summed E-state index contributed by atoms with van der Waals surface area (Å²) in [5.41, 5.74) is 2.66. The molecule has 1 aliphatic rings. The number of aryl methyl sites for hydroxylation is 2. The molecule has 2 heterocycles. The van der Waals surface area contributed by atoms with Gasteiger partial charge in [-0.1, -0.05) is 6.07 Å². The van der Waals surface area contributed by atoms with E-state index in [1.165, 1.54) is 35.4 Å². The number of furan rings is 1. The predicted molar refractivity (Wildman–Crippen MR) is 106 cm³/mol. The lowest BCUT2D eigenvalue weighted by molar-refractivity contribution is -0.132. The second-order valence-corrected chi connectivity index (χ2v) is 6.96. The minimum absolute atomic E-state index is 0.102. The Morgan fingerprint density at radius 2 is 1.76 bits per heavy atom. The molecule has 0 spiro atoms. The van der Waals surface area contributed by atoms with Gasteiger partial charge < -0.3 is 9.52 Å². The van der Waals surface area contributed by atoms with Crippen LogP contribution in [0, 0.1) is 19.7 Å². The topological polar surface area (TPSA) is 70.8 Å². The fourth-order valence-corrected chi connectivity index (χ4v) is 3.45. The number of carbonyl (C=O) groups is 2. The van der Waals surface area contributed by atoms with E-state index in [4.69, 9.17) is 4.42 Å². The smallest absolute Gasteiger partial charge is 0.300 e. The molecule has 29 heavy (non-hydrogen) atoms. The molecule has 0 radical (unpaired) electrons. The average molecular weight is 391 g/mol. The van der Waals surface area contributed by atoms with Crippen LogP contribution in [-0.2, 0) is 9.59 Å². The number of rotatable bonds is 3. The van der Waals surface area contributed by atoms with E-state index in [-0.39, 0.29) is 16.9 Å². The van der Waals surface area contributed by atoms with Crippen LogP contribution in [0.5, 0.6) is 0 Å². The quantitative estimate of drug-likeness (QED) is 0.400. The largest absolute Gasteiger partial charge is 0.507 e. The Bertz CT molecular complexity index is 1130. The second kappa shape index (κ2) is 7.05. The highest BCUT2D eigenvalue weighted by Gasteiger charge is 2.48. The second-order valence-electron chi connectivity index (χ2n) is 6.96. The number of nitrogens with zero attached hydrogens (tertiary/aromatic N) is 1. The number of hydrogen-bond donors (Lipinski definition) is 1. The predicted octanol–water partition coefficient (Wildman–Crippen LogP) is 4.66. The van der Waals surface area contributed by atoms with Crippen LogP contribution in [0.2, 0.25) is 0 Å². The maximum atomic E-state index is 13.3. The van der Waals surface area contributed by atoms with Gasteiger partial charge in [-0.3, -0.25) is 14.5 Å². The summed E-state index contributed by atoms with van der Waals surface area (Å²) < 4.78 is 18.8. The number of aliphatic hydroxyl groups is 1. The van der Waals surface area contributed by atoms with E-state index in [2.05, 4.69) is 0 Å². The monoisotopic (exact) mass is 391 g/mol. The van der Waals surface area contributed by atoms with Gasteiger partial charge in [0.25, 0.3) is 11.7 Å². The molecule has 1 unspecified atom stereocenters. The standard InChI is InChI=1S/C23H18FNO4/c1-13-5-10-17(12-14(13)2)25-20(18-4-3-11-29-18)19(22(27)23(25)28)21(26)15-6-8-16(24)9-7-15/h3-12,20,26H,1-2H3/b21-19-. The van der Waals surface area contributed by atoms with Crippen molar-refractivity contribution in [1.82, 2.24) is 0 Å². The molecule has 0 saturated carbocycles. The maximum absolute atomic E-state index is 13.3. The van der Waals surface area contributed by atoms with E-state index in [1.807, 2.05) is 26.0 Å². The van der Waals surface area contributed by atoms with Crippen LogP contribution < -0.4 is 4.90 Å². The van der Waals surface area contributed by atoms with Gasteiger partial charge in [-0.2, -0.15) is 0 Å². The number of carbonyl (C=O) groups excluding carboxylic acids is 2. The van der Waals surface area contributed by atoms with Gasteiger partial charge in [0.2, 0.25) is 0 Å². The van der Waals surface area contributed by atoms with Crippen molar-refractivity contribution in [3.8, 4) is 0 Å². The van der Waals surface area contributed by atoms with E-state index in [9.17, 15) is 19.1 Å². The first-order valence-corrected chi connectivity index (χ1v) is 9.06. The minimum Gasteiger partial charge on any atom is -0.507 e. The Hall–Kier alpha value is -3.67. The maximum Gasteiger partial charge on any atom is 0.300 e. The van der Waals surface area contributed by atoms with Gasteiger partial charge in [-0.25, -0.2) is 4.39 Å². The first-order chi connectivity index (χ1) is 13.9. The molecule has 6 heteroatoms. The van der Waals surface area contributed by atoms with E-state index >= 15 is 0 Å². The van der Waals surface area contributed by atoms with Crippen molar-refractivity contribution in [2.45, 2.75) is 19.9 Å². The molecule has 1 fully saturated rings. The van der Waals surface area contributed by atoms with E-state index in [0.717, 1.165) is 11.1 Å². The summed E-state index contributed by atoms with van der Waals surface area (Å²) in [5, 5.41) is 10.8. The van der Waals surface area contributed by atoms with Crippen LogP contribution in [0.25, 0.3) is 5.76 Å². The van der Waals surface area contributed by atoms with Crippen LogP contribution in [-0.4, -0.2) is 16.8 Å². The highest BCUT2D eigenvalue weighted by atomic mass is 19.1. The Morgan fingerprint density at radius 1 is 1.03 bits per heavy atom. The summed E-state index contributed by atoms with van der Waals surface area (Å²) in [5.74, 6) is -2.10. The summed E-state index contributed by atoms with van der Waals surface area (Å²) in [7, 11) is 0. The molecule has 1 saturated heterocycles. The molecule has 146 valence electrons. The zero-order chi connectivity index (χ0) is 20.7. The number of hydrogen-bond acceptors (Lipinski definition) is 4. The lowest BCUT2D eigenvalue weighted by Crippen LogP contribution is -2.29. The number of aliphatic hydroxyl groups excluding tert-OH is 1. The van der Waals surface area contributed by atoms with Crippen molar-refractivity contribution in [2.24, 2.45) is 0 Å². The van der Waals surface area contributed by atoms with Crippen LogP contribution in [0.1, 0.15) is 28.5 Å². The molecule has 1 aromatic heterocycles. The number of ketones is 1. The van der Waals surface area contributed by atoms with Crippen molar-refractivity contribution >= 4 is 23.1 Å². The Kier molecular flexibility index (Phi) is 4.54. The molecule has 3 aromatic rings. The van der Waals surface area contributed by atoms with E-state index < -0.39 is 23.5 Å². The Balaban J connectivity index is 1.92. The SMILES string of the molecule is Cc1ccc(N2C(=O)C(=O)/C(=C(\O)c3ccc(F)cc3)C2c2ccco2)cc1C. The fraction of sp³-hybridized carbons (Fsp3) is 0.130. The lowest BCUT2D eigenvalue weighted by Gasteiger charge is -2.24. The van der Waals surface area contributed by atoms with Crippen molar-refractivity contribution in [1.29, 1.82) is 0 Å². The van der Waals surface area contributed by atoms with Gasteiger partial charge in [0.15, 0.2) is 0 Å². The third kappa shape index (κ3) is 3.12. The van der Waals surface area contributed by atoms with Crippen LogP contribution in [0.3, 0.4) is 0 Å². The number of anilines is 1. The molecule has 5 nitrogen and oxygen atoms in total. The number of halogens is 1. The van der Waals surface area contributed by atoms with Gasteiger partial charge >= 0.3 is 0 Å². The summed E-state index contributed by atoms with van der Waals surface area (Å²) in [6.45, 7) is 3.86. The highest BCUT2D eigenvalue weighted by molar-refractivity contribution is 6.51. The van der Waals surface area contributed by atoms with Crippen LogP contribution in [0.15, 0.2) is 70.9 Å². The normalized spacial score (nSPS) is 18.4. The Morgan fingerprint density at radius 3 is 2.38 bits per heavy atom. The van der Waals surface area contributed by atoms with Crippen LogP contribution in [0.4, 0.5) is 10.1 Å². The van der Waals surface area contributed by atoms with E-state index in [1.54, 1.807) is 18.2 Å². The lowest BCUT2D eigenvalue weighted by atomic mass is 9.99.